The molecule has 9 heteroatoms. The normalized spacial score (nSPS) is 10.7. The Kier molecular flexibility index (Phi) is 6.90. The SMILES string of the molecule is Cc1ccc(Nc2nnc(SCC(=O)NCCc3cccs3)s2)cc1Cl. The summed E-state index contributed by atoms with van der Waals surface area (Å²) in [4.78, 5) is 13.2. The maximum absolute atomic E-state index is 11.9. The van der Waals surface area contributed by atoms with Gasteiger partial charge >= 0.3 is 0 Å². The Hall–Kier alpha value is -1.61. The number of thioether (sulfide) groups is 1. The van der Waals surface area contributed by atoms with Crippen LogP contribution in [-0.4, -0.2) is 28.4 Å². The third kappa shape index (κ3) is 5.70. The molecule has 2 N–H and O–H groups in total. The van der Waals surface area contributed by atoms with Gasteiger partial charge < -0.3 is 10.6 Å². The highest BCUT2D eigenvalue weighted by molar-refractivity contribution is 8.01. The van der Waals surface area contributed by atoms with Crippen LogP contribution < -0.4 is 10.6 Å². The largest absolute Gasteiger partial charge is 0.355 e. The molecule has 0 aliphatic rings. The summed E-state index contributed by atoms with van der Waals surface area (Å²) in [6.07, 6.45) is 0.861. The molecule has 0 saturated heterocycles. The second kappa shape index (κ2) is 9.36. The average molecular weight is 425 g/mol. The number of hydrogen-bond donors (Lipinski definition) is 2. The van der Waals surface area contributed by atoms with Gasteiger partial charge in [-0.15, -0.1) is 21.5 Å². The third-order valence-electron chi connectivity index (χ3n) is 3.43. The number of halogens is 1. The van der Waals surface area contributed by atoms with Gasteiger partial charge in [-0.25, -0.2) is 0 Å². The van der Waals surface area contributed by atoms with Gasteiger partial charge in [0, 0.05) is 22.1 Å². The number of carbonyl (C=O) groups excluding carboxylic acids is 1. The number of carbonyl (C=O) groups is 1. The number of rotatable bonds is 8. The van der Waals surface area contributed by atoms with Crippen molar-refractivity contribution >= 4 is 62.8 Å². The van der Waals surface area contributed by atoms with Gasteiger partial charge in [0.2, 0.25) is 11.0 Å². The van der Waals surface area contributed by atoms with E-state index in [-0.39, 0.29) is 5.91 Å². The molecule has 0 aliphatic carbocycles. The Balaban J connectivity index is 1.42. The van der Waals surface area contributed by atoms with E-state index in [2.05, 4.69) is 26.9 Å². The predicted octanol–water partition coefficient (Wildman–Crippen LogP) is 4.76. The van der Waals surface area contributed by atoms with Gasteiger partial charge in [-0.05, 0) is 42.5 Å². The monoisotopic (exact) mass is 424 g/mol. The molecule has 0 fully saturated rings. The van der Waals surface area contributed by atoms with Crippen LogP contribution in [0.5, 0.6) is 0 Å². The fourth-order valence-electron chi connectivity index (χ4n) is 2.07. The first-order chi connectivity index (χ1) is 12.6. The Morgan fingerprint density at radius 1 is 1.31 bits per heavy atom. The lowest BCUT2D eigenvalue weighted by Crippen LogP contribution is -2.27. The number of benzene rings is 1. The van der Waals surface area contributed by atoms with E-state index in [0.717, 1.165) is 22.0 Å². The molecule has 0 atom stereocenters. The third-order valence-corrected chi connectivity index (χ3v) is 6.75. The molecular weight excluding hydrogens is 408 g/mol. The molecule has 5 nitrogen and oxygen atoms in total. The summed E-state index contributed by atoms with van der Waals surface area (Å²) in [7, 11) is 0. The lowest BCUT2D eigenvalue weighted by atomic mass is 10.2. The zero-order valence-electron chi connectivity index (χ0n) is 14.0. The summed E-state index contributed by atoms with van der Waals surface area (Å²) in [6, 6.07) is 9.83. The molecule has 0 bridgehead atoms. The first-order valence-electron chi connectivity index (χ1n) is 7.89. The molecule has 2 aromatic heterocycles. The predicted molar refractivity (Wildman–Crippen MR) is 111 cm³/mol. The molecule has 1 amide bonds. The molecule has 26 heavy (non-hydrogen) atoms. The highest BCUT2D eigenvalue weighted by atomic mass is 35.5. The summed E-state index contributed by atoms with van der Waals surface area (Å²) < 4.78 is 0.749. The standard InChI is InChI=1S/C17H17ClN4OS3/c1-11-4-5-12(9-14(11)18)20-16-21-22-17(26-16)25-10-15(23)19-7-6-13-3-2-8-24-13/h2-5,8-9H,6-7,10H2,1H3,(H,19,23)(H,20,21). The summed E-state index contributed by atoms with van der Waals surface area (Å²) in [5.74, 6) is 0.330. The quantitative estimate of drug-likeness (QED) is 0.510. The van der Waals surface area contributed by atoms with E-state index in [1.54, 1.807) is 11.3 Å². The highest BCUT2D eigenvalue weighted by Crippen LogP contribution is 2.29. The minimum absolute atomic E-state index is 0.00146. The maximum atomic E-state index is 11.9. The zero-order chi connectivity index (χ0) is 18.4. The van der Waals surface area contributed by atoms with E-state index in [0.29, 0.717) is 22.5 Å². The number of thiophene rings is 1. The van der Waals surface area contributed by atoms with Crippen molar-refractivity contribution in [1.29, 1.82) is 0 Å². The van der Waals surface area contributed by atoms with Crippen molar-refractivity contribution in [3.8, 4) is 0 Å². The Bertz CT molecular complexity index is 867. The first kappa shape index (κ1) is 19.2. The summed E-state index contributed by atoms with van der Waals surface area (Å²) in [6.45, 7) is 2.61. The number of nitrogens with zero attached hydrogens (tertiary/aromatic N) is 2. The molecule has 0 aliphatic heterocycles. The maximum Gasteiger partial charge on any atom is 0.230 e. The van der Waals surface area contributed by atoms with Crippen LogP contribution in [0.2, 0.25) is 5.02 Å². The van der Waals surface area contributed by atoms with Crippen LogP contribution in [0, 0.1) is 6.92 Å². The van der Waals surface area contributed by atoms with Crippen LogP contribution in [-0.2, 0) is 11.2 Å². The van der Waals surface area contributed by atoms with Gasteiger partial charge in [0.1, 0.15) is 0 Å². The van der Waals surface area contributed by atoms with Gasteiger partial charge in [0.25, 0.3) is 0 Å². The van der Waals surface area contributed by atoms with Crippen molar-refractivity contribution in [3.05, 3.63) is 51.2 Å². The van der Waals surface area contributed by atoms with E-state index in [9.17, 15) is 4.79 Å². The molecule has 1 aromatic carbocycles. The molecule has 0 unspecified atom stereocenters. The Morgan fingerprint density at radius 2 is 2.19 bits per heavy atom. The van der Waals surface area contributed by atoms with Gasteiger partial charge in [0.15, 0.2) is 4.34 Å². The number of nitrogens with one attached hydrogen (secondary N) is 2. The number of amides is 1. The van der Waals surface area contributed by atoms with E-state index in [1.807, 2.05) is 36.6 Å². The highest BCUT2D eigenvalue weighted by Gasteiger charge is 2.09. The fourth-order valence-corrected chi connectivity index (χ4v) is 4.56. The van der Waals surface area contributed by atoms with Crippen LogP contribution in [0.1, 0.15) is 10.4 Å². The molecule has 0 spiro atoms. The van der Waals surface area contributed by atoms with Crippen molar-refractivity contribution in [1.82, 2.24) is 15.5 Å². The van der Waals surface area contributed by atoms with Crippen LogP contribution >= 0.6 is 46.0 Å². The average Bonchev–Trinajstić information content (AvgIpc) is 3.28. The summed E-state index contributed by atoms with van der Waals surface area (Å²) >= 11 is 10.6. The lowest BCUT2D eigenvalue weighted by Gasteiger charge is -2.04. The van der Waals surface area contributed by atoms with Crippen molar-refractivity contribution in [2.24, 2.45) is 0 Å². The van der Waals surface area contributed by atoms with Crippen molar-refractivity contribution < 1.29 is 4.79 Å². The van der Waals surface area contributed by atoms with Crippen LogP contribution in [0.3, 0.4) is 0 Å². The molecule has 3 aromatic rings. The van der Waals surface area contributed by atoms with E-state index >= 15 is 0 Å². The Morgan fingerprint density at radius 3 is 2.96 bits per heavy atom. The molecule has 0 radical (unpaired) electrons. The fraction of sp³-hybridized carbons (Fsp3) is 0.235. The number of hydrogen-bond acceptors (Lipinski definition) is 7. The summed E-state index contributed by atoms with van der Waals surface area (Å²) in [5.41, 5.74) is 1.88. The number of aryl methyl sites for hydroxylation is 1. The Labute approximate surface area is 169 Å². The number of anilines is 2. The van der Waals surface area contributed by atoms with Crippen LogP contribution in [0.25, 0.3) is 0 Å². The first-order valence-corrected chi connectivity index (χ1v) is 10.9. The van der Waals surface area contributed by atoms with Crippen LogP contribution in [0.15, 0.2) is 40.1 Å². The second-order valence-electron chi connectivity index (χ2n) is 5.43. The minimum atomic E-state index is 0.00146. The number of aromatic nitrogens is 2. The topological polar surface area (TPSA) is 66.9 Å². The molecular formula is C17H17ClN4OS3. The van der Waals surface area contributed by atoms with Gasteiger partial charge in [-0.1, -0.05) is 46.8 Å². The van der Waals surface area contributed by atoms with Crippen molar-refractivity contribution in [3.63, 3.8) is 0 Å². The van der Waals surface area contributed by atoms with E-state index in [4.69, 9.17) is 11.6 Å². The lowest BCUT2D eigenvalue weighted by molar-refractivity contribution is -0.118. The van der Waals surface area contributed by atoms with Crippen LogP contribution in [0.4, 0.5) is 10.8 Å². The van der Waals surface area contributed by atoms with E-state index in [1.165, 1.54) is 28.0 Å². The minimum Gasteiger partial charge on any atom is -0.355 e. The van der Waals surface area contributed by atoms with Gasteiger partial charge in [0.05, 0.1) is 5.75 Å². The van der Waals surface area contributed by atoms with E-state index < -0.39 is 0 Å². The van der Waals surface area contributed by atoms with Gasteiger partial charge in [-0.3, -0.25) is 4.79 Å². The summed E-state index contributed by atoms with van der Waals surface area (Å²) in [5, 5.41) is 17.7. The van der Waals surface area contributed by atoms with Crippen molar-refractivity contribution in [2.45, 2.75) is 17.7 Å². The van der Waals surface area contributed by atoms with Gasteiger partial charge in [-0.2, -0.15) is 0 Å². The zero-order valence-corrected chi connectivity index (χ0v) is 17.2. The molecule has 3 rings (SSSR count). The second-order valence-corrected chi connectivity index (χ2v) is 9.07. The molecule has 0 saturated carbocycles. The van der Waals surface area contributed by atoms with Crippen molar-refractivity contribution in [2.75, 3.05) is 17.6 Å². The molecule has 2 heterocycles. The molecule has 136 valence electrons. The smallest absolute Gasteiger partial charge is 0.230 e.